The average Bonchev–Trinajstić information content (AvgIpc) is 2.62. The van der Waals surface area contributed by atoms with E-state index >= 15 is 0 Å². The Morgan fingerprint density at radius 2 is 1.96 bits per heavy atom. The summed E-state index contributed by atoms with van der Waals surface area (Å²) in [6.07, 6.45) is 5.65. The molecule has 2 heterocycles. The summed E-state index contributed by atoms with van der Waals surface area (Å²) in [6, 6.07) is 11.2. The van der Waals surface area contributed by atoms with Crippen LogP contribution in [0.5, 0.6) is 0 Å². The Morgan fingerprint density at radius 3 is 2.62 bits per heavy atom. The fraction of sp³-hybridized carbons (Fsp3) is 0.368. The van der Waals surface area contributed by atoms with Gasteiger partial charge in [0.05, 0.1) is 5.69 Å². The average molecular weight is 324 g/mol. The van der Waals surface area contributed by atoms with Gasteiger partial charge in [0.25, 0.3) is 0 Å². The van der Waals surface area contributed by atoms with Crippen molar-refractivity contribution < 1.29 is 4.39 Å². The van der Waals surface area contributed by atoms with E-state index in [0.717, 1.165) is 32.5 Å². The summed E-state index contributed by atoms with van der Waals surface area (Å²) in [5.41, 5.74) is 2.10. The summed E-state index contributed by atoms with van der Waals surface area (Å²) in [5.74, 6) is -0.447. The minimum atomic E-state index is -0.447. The highest BCUT2D eigenvalue weighted by molar-refractivity contribution is 5.60. The van der Waals surface area contributed by atoms with Crippen LogP contribution in [0.2, 0.25) is 0 Å². The molecule has 2 aromatic rings. The third-order valence-electron chi connectivity index (χ3n) is 4.74. The van der Waals surface area contributed by atoms with Crippen LogP contribution in [0.3, 0.4) is 0 Å². The van der Waals surface area contributed by atoms with Crippen LogP contribution in [0.15, 0.2) is 42.7 Å². The molecule has 0 spiro atoms. The third kappa shape index (κ3) is 3.55. The SMILES string of the molecule is CN(c1cccc(F)c1C#N)C1CCN(Cc2ccncc2)CC1. The maximum absolute atomic E-state index is 13.8. The summed E-state index contributed by atoms with van der Waals surface area (Å²) in [6.45, 7) is 2.92. The van der Waals surface area contributed by atoms with E-state index < -0.39 is 5.82 Å². The Labute approximate surface area is 142 Å². The summed E-state index contributed by atoms with van der Waals surface area (Å²) >= 11 is 0. The first kappa shape index (κ1) is 16.4. The number of nitrogens with zero attached hydrogens (tertiary/aromatic N) is 4. The molecule has 0 aliphatic carbocycles. The lowest BCUT2D eigenvalue weighted by atomic mass is 10.0. The molecule has 0 saturated carbocycles. The fourth-order valence-corrected chi connectivity index (χ4v) is 3.33. The maximum Gasteiger partial charge on any atom is 0.143 e. The molecule has 1 aromatic carbocycles. The molecule has 0 amide bonds. The predicted molar refractivity (Wildman–Crippen MR) is 92.1 cm³/mol. The monoisotopic (exact) mass is 324 g/mol. The molecule has 0 unspecified atom stereocenters. The van der Waals surface area contributed by atoms with Gasteiger partial charge in [-0.15, -0.1) is 0 Å². The minimum absolute atomic E-state index is 0.138. The van der Waals surface area contributed by atoms with Gasteiger partial charge in [-0.3, -0.25) is 9.88 Å². The maximum atomic E-state index is 13.8. The number of benzene rings is 1. The number of hydrogen-bond acceptors (Lipinski definition) is 4. The number of halogens is 1. The van der Waals surface area contributed by atoms with E-state index in [1.54, 1.807) is 6.07 Å². The normalized spacial score (nSPS) is 15.9. The Hall–Kier alpha value is -2.45. The van der Waals surface area contributed by atoms with Crippen molar-refractivity contribution in [2.45, 2.75) is 25.4 Å². The standard InChI is InChI=1S/C19H21FN4/c1-23(19-4-2-3-18(20)17(19)13-21)16-7-11-24(12-8-16)14-15-5-9-22-10-6-15/h2-6,9-10,16H,7-8,11-12,14H2,1H3. The van der Waals surface area contributed by atoms with Crippen molar-refractivity contribution in [1.82, 2.24) is 9.88 Å². The van der Waals surface area contributed by atoms with E-state index in [1.807, 2.05) is 43.7 Å². The van der Waals surface area contributed by atoms with Crippen LogP contribution in [0.1, 0.15) is 24.0 Å². The fourth-order valence-electron chi connectivity index (χ4n) is 3.33. The number of anilines is 1. The zero-order valence-electron chi connectivity index (χ0n) is 13.8. The first-order valence-corrected chi connectivity index (χ1v) is 8.21. The molecule has 124 valence electrons. The zero-order valence-corrected chi connectivity index (χ0v) is 13.8. The lowest BCUT2D eigenvalue weighted by Gasteiger charge is -2.38. The first-order chi connectivity index (χ1) is 11.7. The second kappa shape index (κ2) is 7.41. The summed E-state index contributed by atoms with van der Waals surface area (Å²) in [5, 5.41) is 9.22. The van der Waals surface area contributed by atoms with Gasteiger partial charge in [-0.1, -0.05) is 6.07 Å². The molecule has 1 aromatic heterocycles. The van der Waals surface area contributed by atoms with Crippen molar-refractivity contribution in [3.63, 3.8) is 0 Å². The molecule has 0 bridgehead atoms. The van der Waals surface area contributed by atoms with Crippen molar-refractivity contribution in [3.05, 3.63) is 59.7 Å². The van der Waals surface area contributed by atoms with Gasteiger partial charge in [-0.2, -0.15) is 5.26 Å². The van der Waals surface area contributed by atoms with Gasteiger partial charge in [-0.25, -0.2) is 4.39 Å². The molecule has 4 nitrogen and oxygen atoms in total. The minimum Gasteiger partial charge on any atom is -0.370 e. The topological polar surface area (TPSA) is 43.2 Å². The van der Waals surface area contributed by atoms with Crippen molar-refractivity contribution in [2.75, 3.05) is 25.0 Å². The van der Waals surface area contributed by atoms with Gasteiger partial charge in [-0.05, 0) is 42.7 Å². The Balaban J connectivity index is 1.63. The number of likely N-dealkylation sites (tertiary alicyclic amines) is 1. The van der Waals surface area contributed by atoms with Crippen LogP contribution in [-0.2, 0) is 6.54 Å². The van der Waals surface area contributed by atoms with Crippen molar-refractivity contribution in [1.29, 1.82) is 5.26 Å². The van der Waals surface area contributed by atoms with E-state index in [9.17, 15) is 9.65 Å². The molecule has 5 heteroatoms. The van der Waals surface area contributed by atoms with Crippen molar-refractivity contribution in [2.24, 2.45) is 0 Å². The molecule has 1 aliphatic heterocycles. The smallest absolute Gasteiger partial charge is 0.143 e. The molecule has 0 radical (unpaired) electrons. The van der Waals surface area contributed by atoms with Crippen LogP contribution in [0.4, 0.5) is 10.1 Å². The highest BCUT2D eigenvalue weighted by Crippen LogP contribution is 2.27. The van der Waals surface area contributed by atoms with E-state index in [0.29, 0.717) is 11.7 Å². The Bertz CT molecular complexity index is 718. The van der Waals surface area contributed by atoms with Crippen LogP contribution >= 0.6 is 0 Å². The quantitative estimate of drug-likeness (QED) is 0.866. The molecule has 3 rings (SSSR count). The number of piperidine rings is 1. The number of hydrogen-bond donors (Lipinski definition) is 0. The first-order valence-electron chi connectivity index (χ1n) is 8.21. The lowest BCUT2D eigenvalue weighted by molar-refractivity contribution is 0.203. The number of pyridine rings is 1. The Morgan fingerprint density at radius 1 is 1.25 bits per heavy atom. The molecule has 24 heavy (non-hydrogen) atoms. The van der Waals surface area contributed by atoms with Crippen LogP contribution < -0.4 is 4.90 Å². The van der Waals surface area contributed by atoms with Gasteiger partial charge in [0, 0.05) is 45.1 Å². The van der Waals surface area contributed by atoms with Gasteiger partial charge in [0.1, 0.15) is 17.4 Å². The third-order valence-corrected chi connectivity index (χ3v) is 4.74. The summed E-state index contributed by atoms with van der Waals surface area (Å²) in [4.78, 5) is 8.54. The number of nitriles is 1. The van der Waals surface area contributed by atoms with Crippen molar-refractivity contribution >= 4 is 5.69 Å². The van der Waals surface area contributed by atoms with Gasteiger partial charge in [0.15, 0.2) is 0 Å². The molecule has 0 N–H and O–H groups in total. The van der Waals surface area contributed by atoms with E-state index in [2.05, 4.69) is 14.8 Å². The highest BCUT2D eigenvalue weighted by Gasteiger charge is 2.24. The van der Waals surface area contributed by atoms with Gasteiger partial charge in [0.2, 0.25) is 0 Å². The van der Waals surface area contributed by atoms with Crippen LogP contribution in [0.25, 0.3) is 0 Å². The highest BCUT2D eigenvalue weighted by atomic mass is 19.1. The molecular weight excluding hydrogens is 303 g/mol. The van der Waals surface area contributed by atoms with Gasteiger partial charge < -0.3 is 4.90 Å². The second-order valence-corrected chi connectivity index (χ2v) is 6.22. The van der Waals surface area contributed by atoms with E-state index in [4.69, 9.17) is 0 Å². The molecule has 1 aliphatic rings. The molecule has 0 atom stereocenters. The summed E-state index contributed by atoms with van der Waals surface area (Å²) < 4.78 is 13.8. The summed E-state index contributed by atoms with van der Waals surface area (Å²) in [7, 11) is 1.96. The lowest BCUT2D eigenvalue weighted by Crippen LogP contribution is -2.43. The molecule has 1 saturated heterocycles. The zero-order chi connectivity index (χ0) is 16.9. The van der Waals surface area contributed by atoms with E-state index in [1.165, 1.54) is 11.6 Å². The van der Waals surface area contributed by atoms with Gasteiger partial charge >= 0.3 is 0 Å². The van der Waals surface area contributed by atoms with Crippen molar-refractivity contribution in [3.8, 4) is 6.07 Å². The Kier molecular flexibility index (Phi) is 5.07. The van der Waals surface area contributed by atoms with E-state index in [-0.39, 0.29) is 5.56 Å². The largest absolute Gasteiger partial charge is 0.370 e. The number of rotatable bonds is 4. The molecular formula is C19H21FN4. The predicted octanol–water partition coefficient (Wildman–Crippen LogP) is 3.19. The molecule has 1 fully saturated rings. The van der Waals surface area contributed by atoms with Crippen LogP contribution in [0, 0.1) is 17.1 Å². The van der Waals surface area contributed by atoms with Crippen LogP contribution in [-0.4, -0.2) is 36.1 Å². The number of aromatic nitrogens is 1. The second-order valence-electron chi connectivity index (χ2n) is 6.22.